The number of hydrogen-bond donors (Lipinski definition) is 0. The summed E-state index contributed by atoms with van der Waals surface area (Å²) in [4.78, 5) is 17.7. The van der Waals surface area contributed by atoms with Crippen molar-refractivity contribution >= 4 is 27.7 Å². The van der Waals surface area contributed by atoms with Gasteiger partial charge in [-0.25, -0.2) is 4.98 Å². The summed E-state index contributed by atoms with van der Waals surface area (Å²) in [5.74, 6) is 0.742. The fourth-order valence-corrected chi connectivity index (χ4v) is 3.24. The van der Waals surface area contributed by atoms with Crippen LogP contribution in [-0.2, 0) is 6.54 Å². The zero-order chi connectivity index (χ0) is 15.8. The van der Waals surface area contributed by atoms with E-state index in [4.69, 9.17) is 4.98 Å². The molecule has 23 heavy (non-hydrogen) atoms. The highest BCUT2D eigenvalue weighted by Crippen LogP contribution is 2.21. The van der Waals surface area contributed by atoms with Crippen LogP contribution in [0.1, 0.15) is 26.2 Å². The van der Waals surface area contributed by atoms with Gasteiger partial charge in [0.1, 0.15) is 0 Å². The van der Waals surface area contributed by atoms with Crippen LogP contribution >= 0.6 is 0 Å². The number of para-hydroxylation sites is 3. The van der Waals surface area contributed by atoms with Gasteiger partial charge in [-0.05, 0) is 30.7 Å². The Kier molecular flexibility index (Phi) is 3.37. The molecule has 0 bridgehead atoms. The lowest BCUT2D eigenvalue weighted by Crippen LogP contribution is -2.23. The van der Waals surface area contributed by atoms with Gasteiger partial charge in [-0.2, -0.15) is 0 Å². The summed E-state index contributed by atoms with van der Waals surface area (Å²) in [7, 11) is 0. The Hall–Kier alpha value is -2.62. The van der Waals surface area contributed by atoms with Gasteiger partial charge in [-0.3, -0.25) is 13.8 Å². The van der Waals surface area contributed by atoms with Crippen molar-refractivity contribution in [3.8, 4) is 0 Å². The molecule has 2 heterocycles. The highest BCUT2D eigenvalue weighted by atomic mass is 16.1. The van der Waals surface area contributed by atoms with E-state index in [0.29, 0.717) is 6.54 Å². The average Bonchev–Trinajstić information content (AvgIpc) is 2.97. The minimum Gasteiger partial charge on any atom is -0.278 e. The van der Waals surface area contributed by atoms with Crippen molar-refractivity contribution in [2.75, 3.05) is 0 Å². The van der Waals surface area contributed by atoms with E-state index in [9.17, 15) is 4.79 Å². The molecule has 0 aliphatic carbocycles. The Bertz CT molecular complexity index is 1060. The number of aryl methyl sites for hydroxylation is 1. The molecule has 0 N–H and O–H groups in total. The molecule has 4 aromatic rings. The molecule has 4 nitrogen and oxygen atoms in total. The predicted molar refractivity (Wildman–Crippen MR) is 94.0 cm³/mol. The van der Waals surface area contributed by atoms with Gasteiger partial charge in [-0.1, -0.05) is 44.0 Å². The van der Waals surface area contributed by atoms with Gasteiger partial charge in [0.15, 0.2) is 0 Å². The second-order valence-electron chi connectivity index (χ2n) is 5.92. The second-order valence-corrected chi connectivity index (χ2v) is 5.92. The van der Waals surface area contributed by atoms with Crippen LogP contribution in [-0.4, -0.2) is 14.0 Å². The number of fused-ring (bicyclic) bond motifs is 5. The monoisotopic (exact) mass is 305 g/mol. The lowest BCUT2D eigenvalue weighted by Gasteiger charge is -2.10. The number of rotatable bonds is 4. The first-order chi connectivity index (χ1) is 11.3. The topological polar surface area (TPSA) is 39.3 Å². The molecule has 2 aromatic carbocycles. The molecule has 0 aliphatic heterocycles. The van der Waals surface area contributed by atoms with Gasteiger partial charge in [0.25, 0.3) is 5.56 Å². The zero-order valence-electron chi connectivity index (χ0n) is 13.2. The molecule has 0 spiro atoms. The molecule has 0 radical (unpaired) electrons. The third kappa shape index (κ3) is 2.13. The SMILES string of the molecule is CCCCCn1c(=O)c2ccccc2n2c3ccccc3nc12. The first-order valence-corrected chi connectivity index (χ1v) is 8.20. The number of benzene rings is 2. The van der Waals surface area contributed by atoms with Gasteiger partial charge in [0.05, 0.1) is 21.9 Å². The summed E-state index contributed by atoms with van der Waals surface area (Å²) in [5, 5.41) is 0.750. The molecular formula is C19H19N3O. The van der Waals surface area contributed by atoms with E-state index in [-0.39, 0.29) is 5.56 Å². The molecular weight excluding hydrogens is 286 g/mol. The zero-order valence-corrected chi connectivity index (χ0v) is 13.2. The minimum atomic E-state index is 0.0551. The van der Waals surface area contributed by atoms with Crippen LogP contribution in [0.5, 0.6) is 0 Å². The quantitative estimate of drug-likeness (QED) is 0.535. The average molecular weight is 305 g/mol. The predicted octanol–water partition coefficient (Wildman–Crippen LogP) is 3.99. The van der Waals surface area contributed by atoms with Crippen LogP contribution in [0.4, 0.5) is 0 Å². The summed E-state index contributed by atoms with van der Waals surface area (Å²) in [5.41, 5.74) is 2.95. The maximum Gasteiger partial charge on any atom is 0.262 e. The van der Waals surface area contributed by atoms with Gasteiger partial charge in [0, 0.05) is 6.54 Å². The van der Waals surface area contributed by atoms with Crippen LogP contribution < -0.4 is 5.56 Å². The first-order valence-electron chi connectivity index (χ1n) is 8.20. The third-order valence-corrected chi connectivity index (χ3v) is 4.39. The standard InChI is InChI=1S/C19H19N3O/c1-2-3-8-13-21-18(23)14-9-4-6-11-16(14)22-17-12-7-5-10-15(17)20-19(21)22/h4-7,9-12H,2-3,8,13H2,1H3. The highest BCUT2D eigenvalue weighted by molar-refractivity contribution is 5.89. The maximum absolute atomic E-state index is 12.9. The van der Waals surface area contributed by atoms with Crippen molar-refractivity contribution in [3.05, 3.63) is 58.9 Å². The summed E-state index contributed by atoms with van der Waals surface area (Å²) < 4.78 is 3.94. The van der Waals surface area contributed by atoms with Gasteiger partial charge < -0.3 is 0 Å². The Labute approximate surface area is 134 Å². The number of imidazole rings is 1. The minimum absolute atomic E-state index is 0.0551. The number of nitrogens with zero attached hydrogens (tertiary/aromatic N) is 3. The van der Waals surface area contributed by atoms with E-state index in [1.165, 1.54) is 0 Å². The van der Waals surface area contributed by atoms with Gasteiger partial charge in [0.2, 0.25) is 5.78 Å². The largest absolute Gasteiger partial charge is 0.278 e. The molecule has 4 heteroatoms. The molecule has 2 aromatic heterocycles. The van der Waals surface area contributed by atoms with E-state index >= 15 is 0 Å². The first kappa shape index (κ1) is 14.0. The van der Waals surface area contributed by atoms with Crippen molar-refractivity contribution in [1.29, 1.82) is 0 Å². The summed E-state index contributed by atoms with van der Waals surface area (Å²) >= 11 is 0. The van der Waals surface area contributed by atoms with Crippen molar-refractivity contribution in [3.63, 3.8) is 0 Å². The fourth-order valence-electron chi connectivity index (χ4n) is 3.24. The fraction of sp³-hybridized carbons (Fsp3) is 0.263. The number of unbranched alkanes of at least 4 members (excludes halogenated alkanes) is 2. The van der Waals surface area contributed by atoms with Crippen molar-refractivity contribution in [2.24, 2.45) is 0 Å². The molecule has 0 atom stereocenters. The maximum atomic E-state index is 12.9. The Morgan fingerprint density at radius 3 is 2.52 bits per heavy atom. The van der Waals surface area contributed by atoms with E-state index in [1.54, 1.807) is 0 Å². The lowest BCUT2D eigenvalue weighted by molar-refractivity contribution is 0.595. The van der Waals surface area contributed by atoms with Gasteiger partial charge >= 0.3 is 0 Å². The molecule has 0 saturated heterocycles. The van der Waals surface area contributed by atoms with Crippen LogP contribution in [0.2, 0.25) is 0 Å². The normalized spacial score (nSPS) is 11.7. The van der Waals surface area contributed by atoms with Crippen molar-refractivity contribution < 1.29 is 0 Å². The van der Waals surface area contributed by atoms with E-state index < -0.39 is 0 Å². The molecule has 116 valence electrons. The molecule has 0 saturated carbocycles. The third-order valence-electron chi connectivity index (χ3n) is 4.39. The van der Waals surface area contributed by atoms with Crippen LogP contribution in [0.15, 0.2) is 53.3 Å². The van der Waals surface area contributed by atoms with E-state index in [2.05, 4.69) is 17.4 Å². The lowest BCUT2D eigenvalue weighted by atomic mass is 10.2. The Morgan fingerprint density at radius 2 is 1.70 bits per heavy atom. The molecule has 0 amide bonds. The van der Waals surface area contributed by atoms with Crippen LogP contribution in [0.3, 0.4) is 0 Å². The summed E-state index contributed by atoms with van der Waals surface area (Å²) in [6.45, 7) is 2.88. The van der Waals surface area contributed by atoms with Crippen molar-refractivity contribution in [2.45, 2.75) is 32.7 Å². The van der Waals surface area contributed by atoms with Crippen molar-refractivity contribution in [1.82, 2.24) is 14.0 Å². The molecule has 0 aliphatic rings. The molecule has 4 rings (SSSR count). The van der Waals surface area contributed by atoms with Crippen LogP contribution in [0.25, 0.3) is 27.7 Å². The molecule has 0 fully saturated rings. The second kappa shape index (κ2) is 5.54. The number of aromatic nitrogens is 3. The van der Waals surface area contributed by atoms with Gasteiger partial charge in [-0.15, -0.1) is 0 Å². The highest BCUT2D eigenvalue weighted by Gasteiger charge is 2.14. The Balaban J connectivity index is 2.13. The summed E-state index contributed by atoms with van der Waals surface area (Å²) in [6.07, 6.45) is 3.24. The summed E-state index contributed by atoms with van der Waals surface area (Å²) in [6, 6.07) is 15.8. The number of hydrogen-bond acceptors (Lipinski definition) is 2. The van der Waals surface area contributed by atoms with E-state index in [1.807, 2.05) is 47.0 Å². The smallest absolute Gasteiger partial charge is 0.262 e. The van der Waals surface area contributed by atoms with E-state index in [0.717, 1.165) is 47.0 Å². The Morgan fingerprint density at radius 1 is 0.957 bits per heavy atom. The van der Waals surface area contributed by atoms with Crippen LogP contribution in [0, 0.1) is 0 Å². The molecule has 0 unspecified atom stereocenters.